The van der Waals surface area contributed by atoms with Crippen molar-refractivity contribution < 1.29 is 25.0 Å². The quantitative estimate of drug-likeness (QED) is 0.0518. The summed E-state index contributed by atoms with van der Waals surface area (Å²) in [6, 6.07) is 31.8. The molecule has 0 unspecified atom stereocenters. The maximum atomic E-state index is 11.1. The van der Waals surface area contributed by atoms with Crippen molar-refractivity contribution in [1.82, 2.24) is 29.9 Å². The van der Waals surface area contributed by atoms with Crippen molar-refractivity contribution in [2.45, 2.75) is 0 Å². The summed E-state index contributed by atoms with van der Waals surface area (Å²) >= 11 is 31.4. The van der Waals surface area contributed by atoms with E-state index < -0.39 is 10.9 Å². The number of rotatable bonds is 1. The van der Waals surface area contributed by atoms with Gasteiger partial charge in [0.15, 0.2) is 5.82 Å². The molecule has 8 aromatic rings. The molecule has 288 valence electrons. The predicted molar refractivity (Wildman–Crippen MR) is 223 cm³/mol. The molecule has 3 heterocycles. The van der Waals surface area contributed by atoms with Crippen LogP contribution in [0.25, 0.3) is 44.1 Å². The van der Waals surface area contributed by atoms with Gasteiger partial charge in [-0.1, -0.05) is 65.7 Å². The number of halogens is 6. The minimum absolute atomic E-state index is 0.0202. The smallest absolute Gasteiger partial charge is 0.339 e. The van der Waals surface area contributed by atoms with Gasteiger partial charge < -0.3 is 25.4 Å². The van der Waals surface area contributed by atoms with E-state index in [0.29, 0.717) is 38.1 Å². The molecule has 0 aliphatic rings. The molecule has 0 spiro atoms. The van der Waals surface area contributed by atoms with Crippen LogP contribution in [0.1, 0.15) is 0 Å². The normalized spacial score (nSPS) is 10.5. The molecule has 0 fully saturated rings. The number of H-pyrrole nitrogens is 2. The molecule has 8 rings (SSSR count). The first-order chi connectivity index (χ1) is 26.5. The van der Waals surface area contributed by atoms with Crippen LogP contribution in [0.3, 0.4) is 0 Å². The summed E-state index contributed by atoms with van der Waals surface area (Å²) < 4.78 is 9.51. The van der Waals surface area contributed by atoms with E-state index in [1.165, 1.54) is 30.3 Å². The van der Waals surface area contributed by atoms with Crippen molar-refractivity contribution in [3.05, 3.63) is 152 Å². The van der Waals surface area contributed by atoms with Crippen LogP contribution >= 0.6 is 73.7 Å². The van der Waals surface area contributed by atoms with Crippen LogP contribution in [0, 0.1) is 0 Å². The monoisotopic (exact) mass is 894 g/mol. The van der Waals surface area contributed by atoms with E-state index in [-0.39, 0.29) is 33.8 Å². The molecule has 5 aromatic carbocycles. The maximum absolute atomic E-state index is 11.1. The summed E-state index contributed by atoms with van der Waals surface area (Å²) in [6.07, 6.45) is 0. The Bertz CT molecular complexity index is 2760. The predicted octanol–water partition coefficient (Wildman–Crippen LogP) is 10.4. The summed E-state index contributed by atoms with van der Waals surface area (Å²) in [5, 5.41) is 36.2. The molecule has 3 aromatic heterocycles. The Morgan fingerprint density at radius 3 is 1.59 bits per heavy atom. The van der Waals surface area contributed by atoms with Gasteiger partial charge in [-0.05, 0) is 106 Å². The zero-order valence-electron chi connectivity index (χ0n) is 28.0. The summed E-state index contributed by atoms with van der Waals surface area (Å²) in [5.41, 5.74) is 1.62. The van der Waals surface area contributed by atoms with Gasteiger partial charge in [0.1, 0.15) is 33.3 Å². The molecule has 20 heteroatoms. The van der Waals surface area contributed by atoms with Crippen molar-refractivity contribution in [2.75, 3.05) is 0 Å². The van der Waals surface area contributed by atoms with Gasteiger partial charge in [0, 0.05) is 22.9 Å². The largest absolute Gasteiger partial charge is 0.508 e. The summed E-state index contributed by atoms with van der Waals surface area (Å²) in [4.78, 5) is 42.9. The number of aromatic hydroxyl groups is 4. The van der Waals surface area contributed by atoms with Crippen LogP contribution in [0.15, 0.2) is 125 Å². The molecule has 0 aliphatic heterocycles. The van der Waals surface area contributed by atoms with Crippen LogP contribution < -0.4 is 11.2 Å². The van der Waals surface area contributed by atoms with E-state index in [9.17, 15) is 24.4 Å². The second kappa shape index (κ2) is 20.2. The van der Waals surface area contributed by atoms with Gasteiger partial charge >= 0.3 is 10.9 Å². The van der Waals surface area contributed by atoms with E-state index in [1.807, 2.05) is 48.5 Å². The number of benzene rings is 5. The zero-order chi connectivity index (χ0) is 41.0. The number of para-hydroxylation sites is 3. The van der Waals surface area contributed by atoms with Gasteiger partial charge in [0.2, 0.25) is 5.28 Å². The molecule has 13 nitrogen and oxygen atoms in total. The zero-order valence-corrected chi connectivity index (χ0v) is 33.4. The van der Waals surface area contributed by atoms with E-state index in [2.05, 4.69) is 63.6 Å². The number of nitrogens with one attached hydrogen (secondary N) is 2. The highest BCUT2D eigenvalue weighted by Gasteiger charge is 2.12. The SMILES string of the molecule is Clc1nc(Cl)c2ccccc2n1.O=P(Cl)(Cl)Cl.O=c1[nH]c(=O)c2ccccc2[nH]1.Oc1ccc(-c2nc(Cl)c3ccccc3n2)c(O)c1.Oc1cccc(O)c1. The van der Waals surface area contributed by atoms with E-state index in [4.69, 9.17) is 45.0 Å². The number of aromatic nitrogens is 6. The number of nitrogens with zero attached hydrogens (tertiary/aromatic N) is 4. The first-order valence-electron chi connectivity index (χ1n) is 15.4. The van der Waals surface area contributed by atoms with E-state index >= 15 is 0 Å². The second-order valence-electron chi connectivity index (χ2n) is 10.7. The van der Waals surface area contributed by atoms with Crippen LogP contribution in [0.2, 0.25) is 15.6 Å². The van der Waals surface area contributed by atoms with Gasteiger partial charge in [-0.2, -0.15) is 0 Å². The van der Waals surface area contributed by atoms with Gasteiger partial charge in [-0.25, -0.2) is 24.7 Å². The molecule has 56 heavy (non-hydrogen) atoms. The third-order valence-corrected chi connectivity index (χ3v) is 7.53. The molecule has 6 N–H and O–H groups in total. The molecule has 0 amide bonds. The Kier molecular flexibility index (Phi) is 15.7. The highest BCUT2D eigenvalue weighted by Crippen LogP contribution is 2.61. The van der Waals surface area contributed by atoms with Crippen LogP contribution in [-0.4, -0.2) is 50.3 Å². The Morgan fingerprint density at radius 1 is 0.536 bits per heavy atom. The van der Waals surface area contributed by atoms with Crippen molar-refractivity contribution >= 4 is 106 Å². The topological polar surface area (TPSA) is 215 Å². The average Bonchev–Trinajstić information content (AvgIpc) is 3.12. The number of fused-ring (bicyclic) bond motifs is 3. The number of hydrogen-bond acceptors (Lipinski definition) is 11. The van der Waals surface area contributed by atoms with Crippen LogP contribution in [0.5, 0.6) is 23.0 Å². The Morgan fingerprint density at radius 2 is 1.04 bits per heavy atom. The molecule has 0 saturated heterocycles. The Hall–Kier alpha value is -5.11. The van der Waals surface area contributed by atoms with Crippen molar-refractivity contribution in [2.24, 2.45) is 0 Å². The summed E-state index contributed by atoms with van der Waals surface area (Å²) in [7, 11) is 0. The lowest BCUT2D eigenvalue weighted by Gasteiger charge is -2.06. The number of phenols is 4. The van der Waals surface area contributed by atoms with Gasteiger partial charge in [0.05, 0.1) is 27.5 Å². The van der Waals surface area contributed by atoms with E-state index in [0.717, 1.165) is 16.3 Å². The first-order valence-corrected chi connectivity index (χ1v) is 20.9. The molecule has 0 saturated carbocycles. The minimum atomic E-state index is -3.22. The van der Waals surface area contributed by atoms with Crippen LogP contribution in [-0.2, 0) is 4.57 Å². The maximum Gasteiger partial charge on any atom is 0.339 e. The van der Waals surface area contributed by atoms with Crippen LogP contribution in [0.4, 0.5) is 0 Å². The second-order valence-corrected chi connectivity index (χ2v) is 18.4. The Balaban J connectivity index is 0.000000166. The molecule has 0 radical (unpaired) electrons. The van der Waals surface area contributed by atoms with Gasteiger partial charge in [-0.15, -0.1) is 0 Å². The molecular formula is C36H25Cl6N6O7P. The summed E-state index contributed by atoms with van der Waals surface area (Å²) in [5.74, 6) is 0.385. The van der Waals surface area contributed by atoms with E-state index in [1.54, 1.807) is 36.4 Å². The number of phenolic OH excluding ortho intramolecular Hbond substituents is 4. The summed E-state index contributed by atoms with van der Waals surface area (Å²) in [6.45, 7) is 0. The fourth-order valence-electron chi connectivity index (χ4n) is 4.49. The van der Waals surface area contributed by atoms with Crippen molar-refractivity contribution in [1.29, 1.82) is 0 Å². The highest BCUT2D eigenvalue weighted by atomic mass is 36.0. The average molecular weight is 897 g/mol. The third kappa shape index (κ3) is 13.6. The lowest BCUT2D eigenvalue weighted by Crippen LogP contribution is -2.21. The standard InChI is InChI=1S/C14H9ClN2O2.C8H4Cl2N2.C8H6N2O2.C6H6O2.Cl3OP/c15-13-9-3-1-2-4-11(9)16-14(17-13)10-6-5-8(18)7-12(10)19;9-7-5-3-1-2-4-6(5)11-8(10)12-7;11-7-5-3-1-2-4-6(5)9-8(12)10-7;7-5-2-1-3-6(8)4-5;1-5(2,3)4/h1-7,18-19H;1-4H;1-4H,(H2,9,10,11,12);1-4,7-8H;. The number of aromatic amines is 2. The van der Waals surface area contributed by atoms with Crippen molar-refractivity contribution in [3.8, 4) is 34.4 Å². The lowest BCUT2D eigenvalue weighted by atomic mass is 10.1. The fraction of sp³-hybridized carbons (Fsp3) is 0. The van der Waals surface area contributed by atoms with Gasteiger partial charge in [-0.3, -0.25) is 14.3 Å². The lowest BCUT2D eigenvalue weighted by molar-refractivity contribution is 0.450. The molecule has 0 bridgehead atoms. The fourth-order valence-corrected chi connectivity index (χ4v) is 5.18. The molecule has 0 aliphatic carbocycles. The number of hydrogen-bond donors (Lipinski definition) is 6. The Labute approximate surface area is 345 Å². The third-order valence-electron chi connectivity index (χ3n) is 6.79. The van der Waals surface area contributed by atoms with Gasteiger partial charge in [0.25, 0.3) is 5.56 Å². The molecule has 0 atom stereocenters. The molecular weight excluding hydrogens is 872 g/mol. The first kappa shape index (κ1) is 43.6. The minimum Gasteiger partial charge on any atom is -0.508 e. The highest BCUT2D eigenvalue weighted by molar-refractivity contribution is 8.24. The van der Waals surface area contributed by atoms with Crippen molar-refractivity contribution in [3.63, 3.8) is 0 Å².